The highest BCUT2D eigenvalue weighted by atomic mass is 31.0. The monoisotopic (exact) mass is 620 g/mol. The van der Waals surface area contributed by atoms with E-state index in [9.17, 15) is 0 Å². The van der Waals surface area contributed by atoms with Crippen LogP contribution in [-0.4, -0.2) is 16.1 Å². The second-order valence-corrected chi connectivity index (χ2v) is 14.3. The van der Waals surface area contributed by atoms with Crippen LogP contribution in [0.25, 0.3) is 33.0 Å². The molecule has 0 amide bonds. The first-order chi connectivity index (χ1) is 21.8. The molecule has 7 rings (SSSR count). The standard InChI is InChI=1S/C41H38N2P2/c1-40(2,3)39-37(30-18-8-5-9-19-30)36(29-16-6-4-7-17-29)31(26-44)38(39)41(45,34-24-22-27-14-10-12-20-32(27)42-34)35-25-23-28-15-11-13-21-33(28)43-35/h4-25,39H,26,44-45H2,1-3H3. The van der Waals surface area contributed by atoms with Gasteiger partial charge in [0, 0.05) is 16.7 Å². The Morgan fingerprint density at radius 3 is 1.53 bits per heavy atom. The second kappa shape index (κ2) is 11.8. The summed E-state index contributed by atoms with van der Waals surface area (Å²) in [6.07, 6.45) is 0.805. The third-order valence-electron chi connectivity index (χ3n) is 9.12. The Labute approximate surface area is 271 Å². The zero-order valence-corrected chi connectivity index (χ0v) is 28.3. The van der Waals surface area contributed by atoms with E-state index in [0.717, 1.165) is 39.4 Å². The molecule has 4 aromatic carbocycles. The van der Waals surface area contributed by atoms with Crippen LogP contribution in [0.1, 0.15) is 43.3 Å². The van der Waals surface area contributed by atoms with E-state index < -0.39 is 5.16 Å². The van der Waals surface area contributed by atoms with E-state index in [1.54, 1.807) is 0 Å². The molecule has 6 aromatic rings. The van der Waals surface area contributed by atoms with Crippen LogP contribution >= 0.6 is 18.5 Å². The van der Waals surface area contributed by atoms with Gasteiger partial charge in [-0.1, -0.05) is 130 Å². The molecular formula is C41H38N2P2. The van der Waals surface area contributed by atoms with Gasteiger partial charge in [0.2, 0.25) is 0 Å². The zero-order chi connectivity index (χ0) is 31.2. The van der Waals surface area contributed by atoms with Crippen molar-refractivity contribution in [2.45, 2.75) is 25.9 Å². The number of benzene rings is 4. The predicted molar refractivity (Wildman–Crippen MR) is 198 cm³/mol. The Morgan fingerprint density at radius 2 is 1.04 bits per heavy atom. The number of nitrogens with zero attached hydrogens (tertiary/aromatic N) is 2. The number of hydrogen-bond donors (Lipinski definition) is 0. The number of fused-ring (bicyclic) bond motifs is 2. The summed E-state index contributed by atoms with van der Waals surface area (Å²) in [5, 5.41) is 1.56. The predicted octanol–water partition coefficient (Wildman–Crippen LogP) is 10.4. The molecule has 222 valence electrons. The summed E-state index contributed by atoms with van der Waals surface area (Å²) < 4.78 is 0. The number of hydrogen-bond acceptors (Lipinski definition) is 2. The number of aromatic nitrogens is 2. The van der Waals surface area contributed by atoms with Crippen molar-refractivity contribution in [2.24, 2.45) is 11.3 Å². The molecule has 0 spiro atoms. The third kappa shape index (κ3) is 5.15. The van der Waals surface area contributed by atoms with Gasteiger partial charge in [-0.2, -0.15) is 0 Å². The molecule has 0 fully saturated rings. The van der Waals surface area contributed by atoms with Crippen molar-refractivity contribution in [1.29, 1.82) is 0 Å². The van der Waals surface area contributed by atoms with Gasteiger partial charge in [-0.05, 0) is 69.3 Å². The summed E-state index contributed by atoms with van der Waals surface area (Å²) in [6.45, 7) is 7.13. The average molecular weight is 621 g/mol. The zero-order valence-electron chi connectivity index (χ0n) is 26.0. The van der Waals surface area contributed by atoms with Crippen LogP contribution < -0.4 is 0 Å². The van der Waals surface area contributed by atoms with Crippen LogP contribution in [-0.2, 0) is 5.16 Å². The fraction of sp³-hybridized carbons (Fsp3) is 0.171. The van der Waals surface area contributed by atoms with E-state index in [-0.39, 0.29) is 11.3 Å². The van der Waals surface area contributed by atoms with Crippen LogP contribution in [0.4, 0.5) is 0 Å². The van der Waals surface area contributed by atoms with E-state index in [4.69, 9.17) is 9.97 Å². The summed E-state index contributed by atoms with van der Waals surface area (Å²) in [5.41, 5.74) is 11.7. The van der Waals surface area contributed by atoms with Gasteiger partial charge >= 0.3 is 0 Å². The minimum Gasteiger partial charge on any atom is -0.251 e. The van der Waals surface area contributed by atoms with Crippen molar-refractivity contribution in [1.82, 2.24) is 9.97 Å². The highest BCUT2D eigenvalue weighted by Crippen LogP contribution is 2.62. The quantitative estimate of drug-likeness (QED) is 0.173. The second-order valence-electron chi connectivity index (χ2n) is 13.0. The lowest BCUT2D eigenvalue weighted by Gasteiger charge is -2.41. The summed E-state index contributed by atoms with van der Waals surface area (Å²) in [7, 11) is 6.38. The van der Waals surface area contributed by atoms with Crippen molar-refractivity contribution in [2.75, 3.05) is 6.16 Å². The summed E-state index contributed by atoms with van der Waals surface area (Å²) in [4.78, 5) is 10.8. The SMILES string of the molecule is CC(C)(C)C1C(c2ccccc2)=C(c2ccccc2)C(CP)=C1C(P)(c1ccc2ccccc2n1)c1ccc2ccccc2n1. The fourth-order valence-corrected chi connectivity index (χ4v) is 8.23. The molecule has 0 saturated heterocycles. The number of para-hydroxylation sites is 2. The highest BCUT2D eigenvalue weighted by Gasteiger charge is 2.50. The molecule has 0 N–H and O–H groups in total. The Bertz CT molecular complexity index is 2010. The topological polar surface area (TPSA) is 25.8 Å². The minimum atomic E-state index is -0.700. The molecular weight excluding hydrogens is 582 g/mol. The normalized spacial score (nSPS) is 15.8. The van der Waals surface area contributed by atoms with E-state index >= 15 is 0 Å². The molecule has 1 aliphatic carbocycles. The smallest absolute Gasteiger partial charge is 0.0906 e. The number of pyridine rings is 2. The van der Waals surface area contributed by atoms with Crippen LogP contribution in [0.3, 0.4) is 0 Å². The summed E-state index contributed by atoms with van der Waals surface area (Å²) in [6, 6.07) is 47.5. The van der Waals surface area contributed by atoms with Gasteiger partial charge in [-0.25, -0.2) is 0 Å². The fourth-order valence-electron chi connectivity index (χ4n) is 7.15. The third-order valence-corrected chi connectivity index (χ3v) is 10.4. The molecule has 2 nitrogen and oxygen atoms in total. The molecule has 1 aliphatic rings. The maximum absolute atomic E-state index is 5.41. The van der Waals surface area contributed by atoms with Crippen molar-refractivity contribution < 1.29 is 0 Å². The maximum Gasteiger partial charge on any atom is 0.0906 e. The molecule has 4 heteroatoms. The molecule has 2 heterocycles. The largest absolute Gasteiger partial charge is 0.251 e. The van der Waals surface area contributed by atoms with Crippen molar-refractivity contribution >= 4 is 51.4 Å². The van der Waals surface area contributed by atoms with Crippen LogP contribution in [0.15, 0.2) is 145 Å². The molecule has 3 atom stereocenters. The van der Waals surface area contributed by atoms with E-state index in [1.165, 1.54) is 33.4 Å². The van der Waals surface area contributed by atoms with Crippen LogP contribution in [0, 0.1) is 11.3 Å². The van der Waals surface area contributed by atoms with Gasteiger partial charge < -0.3 is 0 Å². The van der Waals surface area contributed by atoms with Crippen molar-refractivity contribution in [3.05, 3.63) is 167 Å². The Hall–Kier alpha value is -3.96. The van der Waals surface area contributed by atoms with E-state index in [2.05, 4.69) is 173 Å². The number of allylic oxidation sites excluding steroid dienone is 4. The lowest BCUT2D eigenvalue weighted by molar-refractivity contribution is 0.330. The first kappa shape index (κ1) is 29.7. The summed E-state index contributed by atoms with van der Waals surface area (Å²) >= 11 is 0. The van der Waals surface area contributed by atoms with E-state index in [0.29, 0.717) is 0 Å². The molecule has 0 saturated carbocycles. The Kier molecular flexibility index (Phi) is 7.77. The Balaban J connectivity index is 1.61. The van der Waals surface area contributed by atoms with Crippen molar-refractivity contribution in [3.8, 4) is 0 Å². The number of rotatable bonds is 6. The van der Waals surface area contributed by atoms with Gasteiger partial charge in [0.25, 0.3) is 0 Å². The van der Waals surface area contributed by atoms with Gasteiger partial charge in [0.15, 0.2) is 0 Å². The van der Waals surface area contributed by atoms with Crippen molar-refractivity contribution in [3.63, 3.8) is 0 Å². The first-order valence-electron chi connectivity index (χ1n) is 15.6. The van der Waals surface area contributed by atoms with Gasteiger partial charge in [0.05, 0.1) is 27.6 Å². The molecule has 3 unspecified atom stereocenters. The lowest BCUT2D eigenvalue weighted by atomic mass is 9.67. The minimum absolute atomic E-state index is 0.0877. The highest BCUT2D eigenvalue weighted by molar-refractivity contribution is 7.19. The lowest BCUT2D eigenvalue weighted by Crippen LogP contribution is -2.35. The molecule has 0 radical (unpaired) electrons. The van der Waals surface area contributed by atoms with Crippen LogP contribution in [0.2, 0.25) is 0 Å². The van der Waals surface area contributed by atoms with Crippen LogP contribution in [0.5, 0.6) is 0 Å². The molecule has 2 aromatic heterocycles. The molecule has 0 aliphatic heterocycles. The Morgan fingerprint density at radius 1 is 0.578 bits per heavy atom. The molecule has 45 heavy (non-hydrogen) atoms. The van der Waals surface area contributed by atoms with Gasteiger partial charge in [0.1, 0.15) is 0 Å². The van der Waals surface area contributed by atoms with Gasteiger partial charge in [-0.3, -0.25) is 9.97 Å². The first-order valence-corrected chi connectivity index (χ1v) is 17.0. The van der Waals surface area contributed by atoms with E-state index in [1.807, 2.05) is 0 Å². The average Bonchev–Trinajstić information content (AvgIpc) is 3.45. The summed E-state index contributed by atoms with van der Waals surface area (Å²) in [5.74, 6) is 0.0877. The molecule has 0 bridgehead atoms. The van der Waals surface area contributed by atoms with Gasteiger partial charge in [-0.15, -0.1) is 18.5 Å². The maximum atomic E-state index is 5.41.